The number of rotatable bonds is 5. The largest absolute Gasteiger partial charge is 0.491 e. The van der Waals surface area contributed by atoms with Gasteiger partial charge in [-0.2, -0.15) is 0 Å². The Morgan fingerprint density at radius 1 is 1.25 bits per heavy atom. The van der Waals surface area contributed by atoms with Gasteiger partial charge in [0, 0.05) is 19.6 Å². The molecule has 4 nitrogen and oxygen atoms in total. The molecule has 0 spiro atoms. The first-order chi connectivity index (χ1) is 9.15. The zero-order valence-electron chi connectivity index (χ0n) is 12.2. The van der Waals surface area contributed by atoms with Crippen LogP contribution in [0.15, 0.2) is 18.2 Å². The molecular weight excluding hydrogens is 278 g/mol. The van der Waals surface area contributed by atoms with Crippen molar-refractivity contribution >= 4 is 12.4 Å². The summed E-state index contributed by atoms with van der Waals surface area (Å²) >= 11 is 0. The Morgan fingerprint density at radius 3 is 2.60 bits per heavy atom. The van der Waals surface area contributed by atoms with Gasteiger partial charge in [-0.05, 0) is 37.1 Å². The lowest BCUT2D eigenvalue weighted by Crippen LogP contribution is -2.42. The highest BCUT2D eigenvalue weighted by molar-refractivity contribution is 5.85. The first kappa shape index (κ1) is 17.2. The molecule has 1 aliphatic rings. The van der Waals surface area contributed by atoms with Crippen molar-refractivity contribution in [3.8, 4) is 5.75 Å². The Balaban J connectivity index is 0.00000200. The van der Waals surface area contributed by atoms with E-state index >= 15 is 0 Å². The number of halogens is 1. The molecule has 1 atom stereocenters. The monoisotopic (exact) mass is 301 g/mol. The molecule has 0 radical (unpaired) electrons. The van der Waals surface area contributed by atoms with Crippen LogP contribution in [0, 0.1) is 13.8 Å². The number of hydrogen-bond acceptors (Lipinski definition) is 4. The second kappa shape index (κ2) is 8.47. The highest BCUT2D eigenvalue weighted by Crippen LogP contribution is 2.16. The van der Waals surface area contributed by atoms with Crippen LogP contribution in [0.25, 0.3) is 0 Å². The van der Waals surface area contributed by atoms with Crippen molar-refractivity contribution in [2.24, 2.45) is 0 Å². The van der Waals surface area contributed by atoms with Crippen LogP contribution in [0.4, 0.5) is 0 Å². The molecule has 1 saturated heterocycles. The van der Waals surface area contributed by atoms with E-state index < -0.39 is 6.10 Å². The van der Waals surface area contributed by atoms with Gasteiger partial charge >= 0.3 is 0 Å². The van der Waals surface area contributed by atoms with Crippen LogP contribution in [-0.4, -0.2) is 55.6 Å². The average molecular weight is 302 g/mol. The normalized spacial score (nSPS) is 17.4. The van der Waals surface area contributed by atoms with Crippen LogP contribution >= 0.6 is 12.4 Å². The highest BCUT2D eigenvalue weighted by Gasteiger charge is 2.15. The van der Waals surface area contributed by atoms with Crippen molar-refractivity contribution in [1.82, 2.24) is 4.90 Å². The van der Waals surface area contributed by atoms with Gasteiger partial charge in [-0.1, -0.05) is 6.07 Å². The number of ether oxygens (including phenoxy) is 2. The van der Waals surface area contributed by atoms with Gasteiger partial charge in [0.2, 0.25) is 0 Å². The number of morpholine rings is 1. The van der Waals surface area contributed by atoms with Crippen molar-refractivity contribution in [2.45, 2.75) is 20.0 Å². The maximum Gasteiger partial charge on any atom is 0.119 e. The second-order valence-electron chi connectivity index (χ2n) is 5.12. The second-order valence-corrected chi connectivity index (χ2v) is 5.12. The summed E-state index contributed by atoms with van der Waals surface area (Å²) in [6, 6.07) is 6.00. The van der Waals surface area contributed by atoms with Crippen molar-refractivity contribution in [3.63, 3.8) is 0 Å². The van der Waals surface area contributed by atoms with Crippen LogP contribution in [0.2, 0.25) is 0 Å². The Labute approximate surface area is 127 Å². The zero-order chi connectivity index (χ0) is 13.7. The molecule has 1 aromatic rings. The number of aliphatic hydroxyl groups excluding tert-OH is 1. The van der Waals surface area contributed by atoms with Gasteiger partial charge in [-0.25, -0.2) is 0 Å². The SMILES string of the molecule is Cc1ccc(OCC(O)CN2CCOCC2)cc1C.Cl. The third kappa shape index (κ3) is 5.29. The van der Waals surface area contributed by atoms with E-state index in [1.807, 2.05) is 18.2 Å². The van der Waals surface area contributed by atoms with E-state index in [0.717, 1.165) is 32.1 Å². The lowest BCUT2D eigenvalue weighted by Gasteiger charge is -2.28. The van der Waals surface area contributed by atoms with E-state index in [9.17, 15) is 5.11 Å². The number of hydrogen-bond donors (Lipinski definition) is 1. The molecule has 2 rings (SSSR count). The minimum absolute atomic E-state index is 0. The van der Waals surface area contributed by atoms with E-state index in [4.69, 9.17) is 9.47 Å². The topological polar surface area (TPSA) is 41.9 Å². The molecule has 0 aliphatic carbocycles. The third-order valence-electron chi connectivity index (χ3n) is 3.49. The van der Waals surface area contributed by atoms with E-state index in [1.54, 1.807) is 0 Å². The van der Waals surface area contributed by atoms with Gasteiger partial charge in [-0.15, -0.1) is 12.4 Å². The van der Waals surface area contributed by atoms with Gasteiger partial charge in [0.15, 0.2) is 0 Å². The number of aryl methyl sites for hydroxylation is 2. The Morgan fingerprint density at radius 2 is 1.95 bits per heavy atom. The average Bonchev–Trinajstić information content (AvgIpc) is 2.41. The fourth-order valence-electron chi connectivity index (χ4n) is 2.13. The van der Waals surface area contributed by atoms with E-state index in [2.05, 4.69) is 18.7 Å². The third-order valence-corrected chi connectivity index (χ3v) is 3.49. The van der Waals surface area contributed by atoms with Crippen molar-refractivity contribution in [2.75, 3.05) is 39.5 Å². The molecule has 1 heterocycles. The quantitative estimate of drug-likeness (QED) is 0.900. The summed E-state index contributed by atoms with van der Waals surface area (Å²) in [5, 5.41) is 9.98. The summed E-state index contributed by atoms with van der Waals surface area (Å²) in [6.45, 7) is 8.41. The van der Waals surface area contributed by atoms with Gasteiger partial charge in [0.1, 0.15) is 18.5 Å². The lowest BCUT2D eigenvalue weighted by molar-refractivity contribution is 0.00465. The van der Waals surface area contributed by atoms with Crippen molar-refractivity contribution < 1.29 is 14.6 Å². The van der Waals surface area contributed by atoms with Crippen LogP contribution in [-0.2, 0) is 4.74 Å². The minimum atomic E-state index is -0.459. The standard InChI is InChI=1S/C15H23NO3.ClH/c1-12-3-4-15(9-13(12)2)19-11-14(17)10-16-5-7-18-8-6-16;/h3-4,9,14,17H,5-8,10-11H2,1-2H3;1H. The first-order valence-corrected chi connectivity index (χ1v) is 6.83. The summed E-state index contributed by atoms with van der Waals surface area (Å²) in [5.41, 5.74) is 2.46. The van der Waals surface area contributed by atoms with E-state index in [-0.39, 0.29) is 12.4 Å². The number of benzene rings is 1. The summed E-state index contributed by atoms with van der Waals surface area (Å²) in [6.07, 6.45) is -0.459. The van der Waals surface area contributed by atoms with E-state index in [1.165, 1.54) is 11.1 Å². The summed E-state index contributed by atoms with van der Waals surface area (Å²) < 4.78 is 10.9. The molecular formula is C15H24ClNO3. The van der Waals surface area contributed by atoms with E-state index in [0.29, 0.717) is 13.2 Å². The van der Waals surface area contributed by atoms with Crippen molar-refractivity contribution in [3.05, 3.63) is 29.3 Å². The molecule has 0 amide bonds. The Hall–Kier alpha value is -0.810. The molecule has 1 aliphatic heterocycles. The number of β-amino-alcohol motifs (C(OH)–C–C–N with tert-alkyl or cyclic N) is 1. The lowest BCUT2D eigenvalue weighted by atomic mass is 10.1. The molecule has 0 saturated carbocycles. The number of nitrogens with zero attached hydrogens (tertiary/aromatic N) is 1. The molecule has 1 fully saturated rings. The fraction of sp³-hybridized carbons (Fsp3) is 0.600. The smallest absolute Gasteiger partial charge is 0.119 e. The minimum Gasteiger partial charge on any atom is -0.491 e. The molecule has 1 unspecified atom stereocenters. The molecule has 0 aromatic heterocycles. The summed E-state index contributed by atoms with van der Waals surface area (Å²) in [4.78, 5) is 2.21. The van der Waals surface area contributed by atoms with Crippen LogP contribution in [0.5, 0.6) is 5.75 Å². The molecule has 0 bridgehead atoms. The maximum atomic E-state index is 9.98. The Kier molecular flexibility index (Phi) is 7.30. The summed E-state index contributed by atoms with van der Waals surface area (Å²) in [5.74, 6) is 0.823. The number of aliphatic hydroxyl groups is 1. The van der Waals surface area contributed by atoms with Gasteiger partial charge in [0.25, 0.3) is 0 Å². The van der Waals surface area contributed by atoms with Crippen LogP contribution < -0.4 is 4.74 Å². The predicted molar refractivity (Wildman–Crippen MR) is 81.9 cm³/mol. The van der Waals surface area contributed by atoms with Crippen molar-refractivity contribution in [1.29, 1.82) is 0 Å². The Bertz CT molecular complexity index is 408. The van der Waals surface area contributed by atoms with Crippen LogP contribution in [0.3, 0.4) is 0 Å². The molecule has 1 aromatic carbocycles. The zero-order valence-corrected chi connectivity index (χ0v) is 13.0. The molecule has 5 heteroatoms. The van der Waals surface area contributed by atoms with Crippen LogP contribution in [0.1, 0.15) is 11.1 Å². The van der Waals surface area contributed by atoms with Gasteiger partial charge < -0.3 is 14.6 Å². The molecule has 20 heavy (non-hydrogen) atoms. The van der Waals surface area contributed by atoms with Gasteiger partial charge in [-0.3, -0.25) is 4.90 Å². The molecule has 114 valence electrons. The highest BCUT2D eigenvalue weighted by atomic mass is 35.5. The molecule has 1 N–H and O–H groups in total. The fourth-order valence-corrected chi connectivity index (χ4v) is 2.13. The summed E-state index contributed by atoms with van der Waals surface area (Å²) in [7, 11) is 0. The van der Waals surface area contributed by atoms with Gasteiger partial charge in [0.05, 0.1) is 13.2 Å². The predicted octanol–water partition coefficient (Wildman–Crippen LogP) is 1.80. The maximum absolute atomic E-state index is 9.98. The first-order valence-electron chi connectivity index (χ1n) is 6.83.